The third kappa shape index (κ3) is 4.17. The molecule has 1 aliphatic carbocycles. The minimum atomic E-state index is 0.383. The molecule has 1 aromatic carbocycles. The van der Waals surface area contributed by atoms with E-state index in [2.05, 4.69) is 54.2 Å². The first-order chi connectivity index (χ1) is 17.5. The topological polar surface area (TPSA) is 92.8 Å². The number of anilines is 2. The summed E-state index contributed by atoms with van der Waals surface area (Å²) in [5, 5.41) is 4.63. The Hall–Kier alpha value is -3.58. The molecular formula is C29H33N7. The molecule has 1 saturated carbocycles. The van der Waals surface area contributed by atoms with Crippen molar-refractivity contribution in [1.82, 2.24) is 25.3 Å². The number of nitrogens with zero attached hydrogens (tertiary/aromatic N) is 5. The molecule has 0 atom stereocenters. The molecular weight excluding hydrogens is 446 g/mol. The quantitative estimate of drug-likeness (QED) is 0.387. The molecule has 7 heteroatoms. The summed E-state index contributed by atoms with van der Waals surface area (Å²) in [5.74, 6) is 2.70. The lowest BCUT2D eigenvalue weighted by Gasteiger charge is -2.30. The molecule has 1 saturated heterocycles. The fraction of sp³-hybridized carbons (Fsp3) is 0.379. The summed E-state index contributed by atoms with van der Waals surface area (Å²) in [5.41, 5.74) is 14.5. The molecule has 0 spiro atoms. The van der Waals surface area contributed by atoms with Gasteiger partial charge in [-0.3, -0.25) is 9.97 Å². The number of nitrogens with two attached hydrogens (primary N) is 1. The van der Waals surface area contributed by atoms with Crippen LogP contribution in [-0.4, -0.2) is 46.1 Å². The number of nitrogen functional groups attached to an aromatic ring is 1. The van der Waals surface area contributed by atoms with Crippen molar-refractivity contribution in [2.24, 2.45) is 0 Å². The molecule has 0 amide bonds. The van der Waals surface area contributed by atoms with E-state index in [1.54, 1.807) is 0 Å². The van der Waals surface area contributed by atoms with E-state index in [1.807, 2.05) is 24.7 Å². The zero-order valence-corrected chi connectivity index (χ0v) is 21.3. The van der Waals surface area contributed by atoms with Gasteiger partial charge >= 0.3 is 0 Å². The first-order valence-electron chi connectivity index (χ1n) is 13.0. The van der Waals surface area contributed by atoms with Gasteiger partial charge in [-0.05, 0) is 72.6 Å². The summed E-state index contributed by atoms with van der Waals surface area (Å²) in [7, 11) is 0. The number of benzene rings is 1. The lowest BCUT2D eigenvalue weighted by molar-refractivity contribution is 0.586. The third-order valence-electron chi connectivity index (χ3n) is 7.48. The number of fused-ring (bicyclic) bond motifs is 1. The van der Waals surface area contributed by atoms with Crippen molar-refractivity contribution in [2.45, 2.75) is 45.4 Å². The second-order valence-electron chi connectivity index (χ2n) is 10.4. The molecule has 3 aromatic heterocycles. The van der Waals surface area contributed by atoms with Crippen molar-refractivity contribution in [1.29, 1.82) is 0 Å². The number of hydrogen-bond acceptors (Lipinski definition) is 7. The summed E-state index contributed by atoms with van der Waals surface area (Å²) in [6.45, 7) is 10.2. The fourth-order valence-electron chi connectivity index (χ4n) is 5.10. The van der Waals surface area contributed by atoms with E-state index in [9.17, 15) is 0 Å². The van der Waals surface area contributed by atoms with E-state index < -0.39 is 0 Å². The van der Waals surface area contributed by atoms with Gasteiger partial charge in [0.1, 0.15) is 5.82 Å². The van der Waals surface area contributed by atoms with E-state index in [0.717, 1.165) is 65.6 Å². The van der Waals surface area contributed by atoms with Gasteiger partial charge in [-0.2, -0.15) is 0 Å². The van der Waals surface area contributed by atoms with Crippen molar-refractivity contribution in [3.63, 3.8) is 0 Å². The van der Waals surface area contributed by atoms with Gasteiger partial charge in [0.25, 0.3) is 0 Å². The van der Waals surface area contributed by atoms with Gasteiger partial charge in [0.15, 0.2) is 5.82 Å². The molecule has 4 aromatic rings. The predicted molar refractivity (Wildman–Crippen MR) is 146 cm³/mol. The third-order valence-corrected chi connectivity index (χ3v) is 7.48. The number of pyridine rings is 2. The zero-order valence-electron chi connectivity index (χ0n) is 21.3. The van der Waals surface area contributed by atoms with Crippen LogP contribution in [0.1, 0.15) is 55.2 Å². The first kappa shape index (κ1) is 22.9. The largest absolute Gasteiger partial charge is 0.398 e. The summed E-state index contributed by atoms with van der Waals surface area (Å²) in [6, 6.07) is 8.37. The second-order valence-corrected chi connectivity index (χ2v) is 10.4. The van der Waals surface area contributed by atoms with Crippen LogP contribution in [0.2, 0.25) is 0 Å². The van der Waals surface area contributed by atoms with Crippen molar-refractivity contribution >= 4 is 22.4 Å². The molecule has 0 bridgehead atoms. The van der Waals surface area contributed by atoms with Crippen molar-refractivity contribution < 1.29 is 0 Å². The predicted octanol–water partition coefficient (Wildman–Crippen LogP) is 5.05. The molecule has 3 N–H and O–H groups in total. The Kier molecular flexibility index (Phi) is 5.80. The molecule has 2 fully saturated rings. The van der Waals surface area contributed by atoms with Crippen LogP contribution in [0.3, 0.4) is 0 Å². The van der Waals surface area contributed by atoms with E-state index in [-0.39, 0.29) is 0 Å². The average molecular weight is 480 g/mol. The molecule has 4 heterocycles. The van der Waals surface area contributed by atoms with Gasteiger partial charge in [0.2, 0.25) is 0 Å². The van der Waals surface area contributed by atoms with E-state index in [1.165, 1.54) is 29.4 Å². The highest BCUT2D eigenvalue weighted by atomic mass is 15.2. The Labute approximate surface area is 212 Å². The van der Waals surface area contributed by atoms with Crippen molar-refractivity contribution in [3.05, 3.63) is 59.5 Å². The maximum Gasteiger partial charge on any atom is 0.162 e. The minimum Gasteiger partial charge on any atom is -0.398 e. The molecule has 2 aliphatic rings. The Balaban J connectivity index is 1.50. The van der Waals surface area contributed by atoms with Crippen LogP contribution in [0.5, 0.6) is 0 Å². The normalized spacial score (nSPS) is 16.2. The Morgan fingerprint density at radius 1 is 1.06 bits per heavy atom. The van der Waals surface area contributed by atoms with Gasteiger partial charge in [-0.15, -0.1) is 0 Å². The minimum absolute atomic E-state index is 0.383. The van der Waals surface area contributed by atoms with E-state index in [0.29, 0.717) is 17.7 Å². The van der Waals surface area contributed by atoms with Gasteiger partial charge < -0.3 is 16.0 Å². The second kappa shape index (κ2) is 9.13. The molecule has 7 nitrogen and oxygen atoms in total. The lowest BCUT2D eigenvalue weighted by atomic mass is 9.94. The summed E-state index contributed by atoms with van der Waals surface area (Å²) in [6.07, 6.45) is 8.19. The van der Waals surface area contributed by atoms with Crippen molar-refractivity contribution in [2.75, 3.05) is 36.8 Å². The zero-order chi connectivity index (χ0) is 24.8. The van der Waals surface area contributed by atoms with Gasteiger partial charge in [0.05, 0.1) is 17.4 Å². The Morgan fingerprint density at radius 2 is 1.86 bits per heavy atom. The number of aromatic nitrogens is 4. The molecule has 0 radical (unpaired) electrons. The van der Waals surface area contributed by atoms with E-state index >= 15 is 0 Å². The standard InChI is InChI=1S/C29H33N7/c1-17(2)21-12-22(18(3)24(30)13-21)25-14-20(6-7-33-25)28-34-26-16-32-15-23(19-4-5-19)27(26)29(35-28)36-10-8-31-9-11-36/h6-7,12-17,19,31H,4-5,8-11,30H2,1-3H3. The van der Waals surface area contributed by atoms with Gasteiger partial charge in [-0.1, -0.05) is 13.8 Å². The van der Waals surface area contributed by atoms with Crippen LogP contribution in [0.25, 0.3) is 33.5 Å². The summed E-state index contributed by atoms with van der Waals surface area (Å²) < 4.78 is 0. The molecule has 0 unspecified atom stereocenters. The van der Waals surface area contributed by atoms with Crippen LogP contribution in [0, 0.1) is 6.92 Å². The Morgan fingerprint density at radius 3 is 2.61 bits per heavy atom. The van der Waals surface area contributed by atoms with Crippen molar-refractivity contribution in [3.8, 4) is 22.6 Å². The first-order valence-corrected chi connectivity index (χ1v) is 13.0. The highest BCUT2D eigenvalue weighted by molar-refractivity contribution is 5.94. The highest BCUT2D eigenvalue weighted by Gasteiger charge is 2.29. The number of piperazine rings is 1. The lowest BCUT2D eigenvalue weighted by Crippen LogP contribution is -2.44. The molecule has 36 heavy (non-hydrogen) atoms. The summed E-state index contributed by atoms with van der Waals surface area (Å²) in [4.78, 5) is 21.9. The number of rotatable bonds is 5. The maximum atomic E-state index is 6.38. The molecule has 1 aliphatic heterocycles. The number of hydrogen-bond donors (Lipinski definition) is 2. The SMILES string of the molecule is Cc1c(N)cc(C(C)C)cc1-c1cc(-c2nc(N3CCNCC3)c3c(C4CC4)cncc3n2)ccn1. The van der Waals surface area contributed by atoms with Crippen LogP contribution in [0.15, 0.2) is 42.9 Å². The molecule has 184 valence electrons. The fourth-order valence-corrected chi connectivity index (χ4v) is 5.10. The summed E-state index contributed by atoms with van der Waals surface area (Å²) >= 11 is 0. The highest BCUT2D eigenvalue weighted by Crippen LogP contribution is 2.45. The van der Waals surface area contributed by atoms with E-state index in [4.69, 9.17) is 20.7 Å². The van der Waals surface area contributed by atoms with Crippen LogP contribution >= 0.6 is 0 Å². The van der Waals surface area contributed by atoms with Gasteiger partial charge in [0, 0.05) is 60.8 Å². The smallest absolute Gasteiger partial charge is 0.162 e. The number of nitrogens with one attached hydrogen (secondary N) is 1. The average Bonchev–Trinajstić information content (AvgIpc) is 3.75. The van der Waals surface area contributed by atoms with Crippen LogP contribution in [0.4, 0.5) is 11.5 Å². The maximum absolute atomic E-state index is 6.38. The van der Waals surface area contributed by atoms with Crippen LogP contribution in [-0.2, 0) is 0 Å². The molecule has 6 rings (SSSR count). The van der Waals surface area contributed by atoms with Gasteiger partial charge in [-0.25, -0.2) is 9.97 Å². The Bertz CT molecular complexity index is 1440. The van der Waals surface area contributed by atoms with Crippen LogP contribution < -0.4 is 16.0 Å². The monoisotopic (exact) mass is 479 g/mol.